The number of hydrogen-bond donors (Lipinski definition) is 1. The van der Waals surface area contributed by atoms with Gasteiger partial charge in [0.05, 0.1) is 0 Å². The summed E-state index contributed by atoms with van der Waals surface area (Å²) in [6.07, 6.45) is 1.38. The van der Waals surface area contributed by atoms with Crippen LogP contribution in [0.2, 0.25) is 0 Å². The molecule has 0 aliphatic carbocycles. The number of benzene rings is 1. The summed E-state index contributed by atoms with van der Waals surface area (Å²) in [5.41, 5.74) is 1.97. The molecule has 1 heterocycles. The maximum Gasteiger partial charge on any atom is 0.410 e. The Morgan fingerprint density at radius 1 is 1.38 bits per heavy atom. The Morgan fingerprint density at radius 2 is 2.10 bits per heavy atom. The normalized spacial score (nSPS) is 18.9. The first-order valence-corrected chi connectivity index (χ1v) is 7.57. The molecule has 116 valence electrons. The van der Waals surface area contributed by atoms with Crippen molar-refractivity contribution in [2.75, 3.05) is 19.7 Å². The maximum absolute atomic E-state index is 12.1. The average Bonchev–Trinajstić information content (AvgIpc) is 2.87. The Kier molecular flexibility index (Phi) is 4.88. The molecule has 2 rings (SSSR count). The highest BCUT2D eigenvalue weighted by molar-refractivity contribution is 5.68. The summed E-state index contributed by atoms with van der Waals surface area (Å²) in [6.45, 7) is 7.23. The molecule has 0 radical (unpaired) electrons. The van der Waals surface area contributed by atoms with Crippen LogP contribution in [-0.4, -0.2) is 41.4 Å². The summed E-state index contributed by atoms with van der Waals surface area (Å²) in [6, 6.07) is 8.18. The zero-order valence-electron chi connectivity index (χ0n) is 13.1. The molecular weight excluding hydrogens is 266 g/mol. The minimum absolute atomic E-state index is 0.152. The van der Waals surface area contributed by atoms with Crippen LogP contribution in [0.5, 0.6) is 0 Å². The summed E-state index contributed by atoms with van der Waals surface area (Å²) in [4.78, 5) is 13.9. The fourth-order valence-electron chi connectivity index (χ4n) is 2.79. The lowest BCUT2D eigenvalue weighted by Crippen LogP contribution is -2.35. The van der Waals surface area contributed by atoms with Gasteiger partial charge in [-0.3, -0.25) is 0 Å². The number of hydrogen-bond acceptors (Lipinski definition) is 3. The van der Waals surface area contributed by atoms with Crippen molar-refractivity contribution >= 4 is 6.09 Å². The van der Waals surface area contributed by atoms with Crippen molar-refractivity contribution in [2.24, 2.45) is 0 Å². The number of amides is 1. The lowest BCUT2D eigenvalue weighted by atomic mass is 9.92. The van der Waals surface area contributed by atoms with Gasteiger partial charge in [0.1, 0.15) is 5.60 Å². The van der Waals surface area contributed by atoms with Crippen molar-refractivity contribution in [3.63, 3.8) is 0 Å². The standard InChI is InChI=1S/C17H25NO3/c1-17(2,3)21-16(20)18-10-8-14(12-18)15-7-5-4-6-13(15)9-11-19/h4-7,14,19H,8-12H2,1-3H3. The molecule has 1 aromatic carbocycles. The molecule has 1 aliphatic rings. The molecule has 1 saturated heterocycles. The molecule has 1 aliphatic heterocycles. The quantitative estimate of drug-likeness (QED) is 0.931. The summed E-state index contributed by atoms with van der Waals surface area (Å²) in [5, 5.41) is 9.17. The Bertz CT molecular complexity index is 493. The van der Waals surface area contributed by atoms with E-state index in [2.05, 4.69) is 12.1 Å². The van der Waals surface area contributed by atoms with Gasteiger partial charge in [-0.2, -0.15) is 0 Å². The topological polar surface area (TPSA) is 49.8 Å². The zero-order valence-corrected chi connectivity index (χ0v) is 13.1. The van der Waals surface area contributed by atoms with E-state index in [9.17, 15) is 9.90 Å². The van der Waals surface area contributed by atoms with Gasteiger partial charge in [0, 0.05) is 25.6 Å². The van der Waals surface area contributed by atoms with Crippen LogP contribution < -0.4 is 0 Å². The third kappa shape index (κ3) is 4.21. The highest BCUT2D eigenvalue weighted by Crippen LogP contribution is 2.30. The van der Waals surface area contributed by atoms with E-state index < -0.39 is 5.60 Å². The Labute approximate surface area is 126 Å². The summed E-state index contributed by atoms with van der Waals surface area (Å²) >= 11 is 0. The number of carbonyl (C=O) groups excluding carboxylic acids is 1. The van der Waals surface area contributed by atoms with Gasteiger partial charge in [-0.25, -0.2) is 4.79 Å². The van der Waals surface area contributed by atoms with E-state index in [4.69, 9.17) is 4.74 Å². The Hall–Kier alpha value is -1.55. The molecule has 1 N–H and O–H groups in total. The highest BCUT2D eigenvalue weighted by Gasteiger charge is 2.31. The molecule has 4 heteroatoms. The zero-order chi connectivity index (χ0) is 15.5. The van der Waals surface area contributed by atoms with Crippen molar-refractivity contribution in [1.82, 2.24) is 4.90 Å². The largest absolute Gasteiger partial charge is 0.444 e. The van der Waals surface area contributed by atoms with E-state index in [1.165, 1.54) is 11.1 Å². The maximum atomic E-state index is 12.1. The SMILES string of the molecule is CC(C)(C)OC(=O)N1CCC(c2ccccc2CCO)C1. The second kappa shape index (κ2) is 6.48. The minimum atomic E-state index is -0.454. The van der Waals surface area contributed by atoms with Crippen molar-refractivity contribution in [3.05, 3.63) is 35.4 Å². The first-order chi connectivity index (χ1) is 9.90. The fraction of sp³-hybridized carbons (Fsp3) is 0.588. The van der Waals surface area contributed by atoms with Gasteiger partial charge in [-0.1, -0.05) is 24.3 Å². The first-order valence-electron chi connectivity index (χ1n) is 7.57. The predicted octanol–water partition coefficient (Wildman–Crippen LogP) is 2.95. The number of nitrogens with zero attached hydrogens (tertiary/aromatic N) is 1. The number of ether oxygens (including phenoxy) is 1. The number of rotatable bonds is 3. The van der Waals surface area contributed by atoms with E-state index in [0.29, 0.717) is 18.9 Å². The monoisotopic (exact) mass is 291 g/mol. The third-order valence-corrected chi connectivity index (χ3v) is 3.72. The van der Waals surface area contributed by atoms with Gasteiger partial charge in [0.15, 0.2) is 0 Å². The van der Waals surface area contributed by atoms with E-state index in [1.807, 2.05) is 32.9 Å². The van der Waals surface area contributed by atoms with Crippen LogP contribution in [0.25, 0.3) is 0 Å². The van der Waals surface area contributed by atoms with Crippen LogP contribution in [0.3, 0.4) is 0 Å². The van der Waals surface area contributed by atoms with Gasteiger partial charge in [0.25, 0.3) is 0 Å². The fourth-order valence-corrected chi connectivity index (χ4v) is 2.79. The number of carbonyl (C=O) groups is 1. The van der Waals surface area contributed by atoms with E-state index >= 15 is 0 Å². The molecular formula is C17H25NO3. The van der Waals surface area contributed by atoms with E-state index in [1.54, 1.807) is 4.90 Å². The van der Waals surface area contributed by atoms with Gasteiger partial charge < -0.3 is 14.7 Å². The first kappa shape index (κ1) is 15.8. The van der Waals surface area contributed by atoms with Crippen LogP contribution in [-0.2, 0) is 11.2 Å². The molecule has 1 aromatic rings. The summed E-state index contributed by atoms with van der Waals surface area (Å²) < 4.78 is 5.43. The average molecular weight is 291 g/mol. The van der Waals surface area contributed by atoms with Crippen molar-refractivity contribution in [3.8, 4) is 0 Å². The molecule has 1 unspecified atom stereocenters. The van der Waals surface area contributed by atoms with Gasteiger partial charge in [-0.05, 0) is 44.7 Å². The van der Waals surface area contributed by atoms with Gasteiger partial charge >= 0.3 is 6.09 Å². The third-order valence-electron chi connectivity index (χ3n) is 3.72. The number of aliphatic hydroxyl groups excluding tert-OH is 1. The second-order valence-electron chi connectivity index (χ2n) is 6.58. The van der Waals surface area contributed by atoms with Crippen LogP contribution in [0.15, 0.2) is 24.3 Å². The molecule has 0 bridgehead atoms. The van der Waals surface area contributed by atoms with Crippen LogP contribution in [0.1, 0.15) is 44.2 Å². The molecule has 1 fully saturated rings. The highest BCUT2D eigenvalue weighted by atomic mass is 16.6. The number of aliphatic hydroxyl groups is 1. The van der Waals surface area contributed by atoms with Gasteiger partial charge in [0.2, 0.25) is 0 Å². The van der Waals surface area contributed by atoms with Crippen LogP contribution in [0, 0.1) is 0 Å². The minimum Gasteiger partial charge on any atom is -0.444 e. The molecule has 1 amide bonds. The van der Waals surface area contributed by atoms with Gasteiger partial charge in [-0.15, -0.1) is 0 Å². The van der Waals surface area contributed by atoms with Crippen molar-refractivity contribution in [1.29, 1.82) is 0 Å². The molecule has 0 spiro atoms. The predicted molar refractivity (Wildman–Crippen MR) is 82.4 cm³/mol. The molecule has 21 heavy (non-hydrogen) atoms. The van der Waals surface area contributed by atoms with E-state index in [0.717, 1.165) is 13.0 Å². The lowest BCUT2D eigenvalue weighted by molar-refractivity contribution is 0.0292. The summed E-state index contributed by atoms with van der Waals surface area (Å²) in [5.74, 6) is 0.334. The summed E-state index contributed by atoms with van der Waals surface area (Å²) in [7, 11) is 0. The molecule has 0 saturated carbocycles. The van der Waals surface area contributed by atoms with Crippen LogP contribution in [0.4, 0.5) is 4.79 Å². The molecule has 1 atom stereocenters. The second-order valence-corrected chi connectivity index (χ2v) is 6.58. The Morgan fingerprint density at radius 3 is 2.76 bits per heavy atom. The smallest absolute Gasteiger partial charge is 0.410 e. The lowest BCUT2D eigenvalue weighted by Gasteiger charge is -2.24. The Balaban J connectivity index is 2.04. The van der Waals surface area contributed by atoms with Crippen molar-refractivity contribution in [2.45, 2.75) is 45.1 Å². The molecule has 0 aromatic heterocycles. The number of likely N-dealkylation sites (tertiary alicyclic amines) is 1. The van der Waals surface area contributed by atoms with Crippen LogP contribution >= 0.6 is 0 Å². The molecule has 4 nitrogen and oxygen atoms in total. The van der Waals surface area contributed by atoms with Crippen molar-refractivity contribution < 1.29 is 14.6 Å². The van der Waals surface area contributed by atoms with E-state index in [-0.39, 0.29) is 12.7 Å².